The molecule has 0 saturated heterocycles. The lowest BCUT2D eigenvalue weighted by Crippen LogP contribution is -2.07. The van der Waals surface area contributed by atoms with Gasteiger partial charge in [0.25, 0.3) is 0 Å². The van der Waals surface area contributed by atoms with Crippen molar-refractivity contribution in [3.05, 3.63) is 39.5 Å². The van der Waals surface area contributed by atoms with Crippen LogP contribution in [0.3, 0.4) is 0 Å². The van der Waals surface area contributed by atoms with Gasteiger partial charge in [0, 0.05) is 11.4 Å². The Kier molecular flexibility index (Phi) is 4.44. The molecule has 0 amide bonds. The van der Waals surface area contributed by atoms with E-state index in [-0.39, 0.29) is 6.04 Å². The SMILES string of the molecule is CCNc1cccc(NC(C)c2ccc(Cl)s2)n1. The maximum atomic E-state index is 5.94. The summed E-state index contributed by atoms with van der Waals surface area (Å²) in [7, 11) is 0. The molecule has 2 rings (SSSR count). The number of hydrogen-bond acceptors (Lipinski definition) is 4. The molecule has 0 radical (unpaired) electrons. The molecule has 0 aliphatic heterocycles. The van der Waals surface area contributed by atoms with Gasteiger partial charge in [0.05, 0.1) is 10.4 Å². The van der Waals surface area contributed by atoms with Crippen molar-refractivity contribution in [2.45, 2.75) is 19.9 Å². The zero-order valence-corrected chi connectivity index (χ0v) is 12.0. The van der Waals surface area contributed by atoms with Crippen LogP contribution in [0.5, 0.6) is 0 Å². The van der Waals surface area contributed by atoms with E-state index in [4.69, 9.17) is 11.6 Å². The highest BCUT2D eigenvalue weighted by atomic mass is 35.5. The second-order valence-corrected chi connectivity index (χ2v) is 5.69. The Bertz CT molecular complexity index is 512. The molecular formula is C13H16ClN3S. The first kappa shape index (κ1) is 13.2. The Balaban J connectivity index is 2.06. The van der Waals surface area contributed by atoms with Crippen LogP contribution in [0.1, 0.15) is 24.8 Å². The average Bonchev–Trinajstić information content (AvgIpc) is 2.77. The first-order valence-corrected chi connectivity index (χ1v) is 7.11. The summed E-state index contributed by atoms with van der Waals surface area (Å²) in [6.07, 6.45) is 0. The lowest BCUT2D eigenvalue weighted by Gasteiger charge is -2.13. The number of halogens is 1. The van der Waals surface area contributed by atoms with Gasteiger partial charge in [-0.05, 0) is 38.1 Å². The topological polar surface area (TPSA) is 37.0 Å². The van der Waals surface area contributed by atoms with E-state index in [1.807, 2.05) is 30.3 Å². The maximum Gasteiger partial charge on any atom is 0.128 e. The number of hydrogen-bond donors (Lipinski definition) is 2. The van der Waals surface area contributed by atoms with Gasteiger partial charge in [-0.3, -0.25) is 0 Å². The van der Waals surface area contributed by atoms with Gasteiger partial charge in [-0.15, -0.1) is 11.3 Å². The minimum absolute atomic E-state index is 0.201. The van der Waals surface area contributed by atoms with Crippen molar-refractivity contribution in [2.75, 3.05) is 17.2 Å². The van der Waals surface area contributed by atoms with Crippen molar-refractivity contribution in [3.63, 3.8) is 0 Å². The maximum absolute atomic E-state index is 5.94. The number of aromatic nitrogens is 1. The summed E-state index contributed by atoms with van der Waals surface area (Å²) >= 11 is 7.53. The standard InChI is InChI=1S/C13H16ClN3S/c1-3-15-12-5-4-6-13(17-12)16-9(2)10-7-8-11(14)18-10/h4-9H,3H2,1-2H3,(H2,15,16,17). The lowest BCUT2D eigenvalue weighted by molar-refractivity contribution is 0.896. The van der Waals surface area contributed by atoms with Crippen molar-refractivity contribution in [1.29, 1.82) is 0 Å². The fourth-order valence-corrected chi connectivity index (χ4v) is 2.71. The van der Waals surface area contributed by atoms with E-state index in [0.29, 0.717) is 0 Å². The Morgan fingerprint density at radius 1 is 1.28 bits per heavy atom. The summed E-state index contributed by atoms with van der Waals surface area (Å²) in [5.74, 6) is 1.75. The van der Waals surface area contributed by atoms with Crippen molar-refractivity contribution in [3.8, 4) is 0 Å². The van der Waals surface area contributed by atoms with E-state index in [0.717, 1.165) is 22.5 Å². The third-order valence-corrected chi connectivity index (χ3v) is 3.91. The van der Waals surface area contributed by atoms with E-state index in [1.165, 1.54) is 4.88 Å². The number of pyridine rings is 1. The Morgan fingerprint density at radius 3 is 2.72 bits per heavy atom. The molecule has 18 heavy (non-hydrogen) atoms. The summed E-state index contributed by atoms with van der Waals surface area (Å²) < 4.78 is 0.813. The molecule has 0 saturated carbocycles. The molecule has 0 fully saturated rings. The third kappa shape index (κ3) is 3.37. The molecule has 1 atom stereocenters. The molecule has 0 spiro atoms. The quantitative estimate of drug-likeness (QED) is 0.853. The van der Waals surface area contributed by atoms with Gasteiger partial charge in [0.2, 0.25) is 0 Å². The highest BCUT2D eigenvalue weighted by molar-refractivity contribution is 7.16. The van der Waals surface area contributed by atoms with Crippen LogP contribution in [0.15, 0.2) is 30.3 Å². The van der Waals surface area contributed by atoms with E-state index < -0.39 is 0 Å². The molecule has 0 aliphatic carbocycles. The van der Waals surface area contributed by atoms with Crippen LogP contribution in [-0.4, -0.2) is 11.5 Å². The number of anilines is 2. The molecule has 0 bridgehead atoms. The van der Waals surface area contributed by atoms with Gasteiger partial charge < -0.3 is 10.6 Å². The molecule has 1 unspecified atom stereocenters. The molecule has 0 aliphatic rings. The van der Waals surface area contributed by atoms with Crippen LogP contribution in [-0.2, 0) is 0 Å². The molecule has 96 valence electrons. The summed E-state index contributed by atoms with van der Waals surface area (Å²) in [5, 5.41) is 6.57. The lowest BCUT2D eigenvalue weighted by atomic mass is 10.3. The molecule has 5 heteroatoms. The Hall–Kier alpha value is -1.26. The second-order valence-electron chi connectivity index (χ2n) is 3.95. The summed E-state index contributed by atoms with van der Waals surface area (Å²) in [6, 6.07) is 10.1. The predicted molar refractivity (Wildman–Crippen MR) is 79.8 cm³/mol. The van der Waals surface area contributed by atoms with Crippen molar-refractivity contribution >= 4 is 34.6 Å². The van der Waals surface area contributed by atoms with Crippen LogP contribution >= 0.6 is 22.9 Å². The van der Waals surface area contributed by atoms with Gasteiger partial charge in [0.1, 0.15) is 11.6 Å². The van der Waals surface area contributed by atoms with Gasteiger partial charge in [-0.2, -0.15) is 0 Å². The molecular weight excluding hydrogens is 266 g/mol. The van der Waals surface area contributed by atoms with Crippen molar-refractivity contribution in [1.82, 2.24) is 4.98 Å². The smallest absolute Gasteiger partial charge is 0.128 e. The van der Waals surface area contributed by atoms with Crippen LogP contribution in [0.25, 0.3) is 0 Å². The molecule has 2 aromatic rings. The normalized spacial score (nSPS) is 12.2. The number of rotatable bonds is 5. The van der Waals surface area contributed by atoms with Crippen LogP contribution in [0.4, 0.5) is 11.6 Å². The van der Waals surface area contributed by atoms with E-state index in [1.54, 1.807) is 11.3 Å². The third-order valence-electron chi connectivity index (χ3n) is 2.49. The predicted octanol–water partition coefficient (Wildman–Crippen LogP) is 4.40. The van der Waals surface area contributed by atoms with Crippen molar-refractivity contribution in [2.24, 2.45) is 0 Å². The van der Waals surface area contributed by atoms with Gasteiger partial charge in [0.15, 0.2) is 0 Å². The van der Waals surface area contributed by atoms with Crippen molar-refractivity contribution < 1.29 is 0 Å². The Labute approximate surface area is 116 Å². The fraction of sp³-hybridized carbons (Fsp3) is 0.308. The first-order chi connectivity index (χ1) is 8.69. The summed E-state index contributed by atoms with van der Waals surface area (Å²) in [6.45, 7) is 5.02. The highest BCUT2D eigenvalue weighted by Crippen LogP contribution is 2.28. The van der Waals surface area contributed by atoms with E-state index >= 15 is 0 Å². The van der Waals surface area contributed by atoms with Crippen LogP contribution in [0.2, 0.25) is 4.34 Å². The Morgan fingerprint density at radius 2 is 2.06 bits per heavy atom. The monoisotopic (exact) mass is 281 g/mol. The molecule has 2 aromatic heterocycles. The van der Waals surface area contributed by atoms with Crippen LogP contribution < -0.4 is 10.6 Å². The van der Waals surface area contributed by atoms with Crippen LogP contribution in [0, 0.1) is 0 Å². The number of thiophene rings is 1. The number of nitrogens with zero attached hydrogens (tertiary/aromatic N) is 1. The minimum atomic E-state index is 0.201. The summed E-state index contributed by atoms with van der Waals surface area (Å²) in [5.41, 5.74) is 0. The number of nitrogens with one attached hydrogen (secondary N) is 2. The van der Waals surface area contributed by atoms with Gasteiger partial charge in [-0.1, -0.05) is 17.7 Å². The van der Waals surface area contributed by atoms with E-state index in [9.17, 15) is 0 Å². The largest absolute Gasteiger partial charge is 0.370 e. The minimum Gasteiger partial charge on any atom is -0.370 e. The fourth-order valence-electron chi connectivity index (χ4n) is 1.65. The summed E-state index contributed by atoms with van der Waals surface area (Å²) in [4.78, 5) is 5.69. The zero-order valence-electron chi connectivity index (χ0n) is 10.4. The van der Waals surface area contributed by atoms with Gasteiger partial charge in [-0.25, -0.2) is 4.98 Å². The molecule has 2 N–H and O–H groups in total. The highest BCUT2D eigenvalue weighted by Gasteiger charge is 2.08. The average molecular weight is 282 g/mol. The zero-order chi connectivity index (χ0) is 13.0. The van der Waals surface area contributed by atoms with Gasteiger partial charge >= 0.3 is 0 Å². The molecule has 0 aromatic carbocycles. The molecule has 2 heterocycles. The molecule has 3 nitrogen and oxygen atoms in total. The van der Waals surface area contributed by atoms with E-state index in [2.05, 4.69) is 29.5 Å². The second kappa shape index (κ2) is 6.07. The first-order valence-electron chi connectivity index (χ1n) is 5.91.